The van der Waals surface area contributed by atoms with E-state index in [0.717, 1.165) is 42.6 Å². The molecule has 2 aliphatic rings. The van der Waals surface area contributed by atoms with Crippen LogP contribution >= 0.6 is 0 Å². The Hall–Kier alpha value is -2.82. The molecule has 1 aliphatic carbocycles. The van der Waals surface area contributed by atoms with E-state index in [4.69, 9.17) is 4.74 Å². The van der Waals surface area contributed by atoms with E-state index in [1.165, 1.54) is 0 Å². The van der Waals surface area contributed by atoms with Crippen molar-refractivity contribution in [2.24, 2.45) is 5.92 Å². The zero-order valence-electron chi connectivity index (χ0n) is 16.9. The van der Waals surface area contributed by atoms with Crippen LogP contribution in [0.25, 0.3) is 0 Å². The number of amides is 2. The molecular formula is C24H28N2O3. The smallest absolute Gasteiger partial charge is 0.226 e. The number of nitrogens with zero attached hydrogens (tertiary/aromatic N) is 1. The molecule has 2 aromatic rings. The van der Waals surface area contributed by atoms with Crippen LogP contribution in [0.3, 0.4) is 0 Å². The number of benzene rings is 2. The van der Waals surface area contributed by atoms with Gasteiger partial charge in [0.15, 0.2) is 0 Å². The highest BCUT2D eigenvalue weighted by Crippen LogP contribution is 2.43. The van der Waals surface area contributed by atoms with Crippen molar-refractivity contribution in [3.8, 4) is 5.75 Å². The van der Waals surface area contributed by atoms with Crippen molar-refractivity contribution < 1.29 is 14.3 Å². The summed E-state index contributed by atoms with van der Waals surface area (Å²) >= 11 is 0. The average Bonchev–Trinajstić information content (AvgIpc) is 3.36. The summed E-state index contributed by atoms with van der Waals surface area (Å²) in [6.45, 7) is 1.03. The van der Waals surface area contributed by atoms with Crippen molar-refractivity contribution in [2.45, 2.75) is 44.2 Å². The van der Waals surface area contributed by atoms with Crippen LogP contribution in [0.2, 0.25) is 0 Å². The minimum Gasteiger partial charge on any atom is -0.496 e. The van der Waals surface area contributed by atoms with E-state index in [0.29, 0.717) is 13.1 Å². The van der Waals surface area contributed by atoms with Gasteiger partial charge in [0.05, 0.1) is 18.6 Å². The van der Waals surface area contributed by atoms with E-state index < -0.39 is 5.54 Å². The summed E-state index contributed by atoms with van der Waals surface area (Å²) < 4.78 is 5.58. The molecule has 1 atom stereocenters. The van der Waals surface area contributed by atoms with Crippen LogP contribution in [0.15, 0.2) is 54.6 Å². The summed E-state index contributed by atoms with van der Waals surface area (Å²) in [7, 11) is 1.67. The lowest BCUT2D eigenvalue weighted by molar-refractivity contribution is -0.129. The molecule has 1 saturated heterocycles. The first-order valence-corrected chi connectivity index (χ1v) is 10.4. The number of methoxy groups -OCH3 is 1. The van der Waals surface area contributed by atoms with Gasteiger partial charge in [-0.25, -0.2) is 0 Å². The standard InChI is InChI=1S/C24H28N2O3/c1-29-21-12-6-5-11-20(21)24(13-7-8-14-24)25-23(28)19-15-22(27)26(17-19)16-18-9-3-2-4-10-18/h2-6,9-12,19H,7-8,13-17H2,1H3,(H,25,28)/t19-/m1/s1. The predicted octanol–water partition coefficient (Wildman–Crippen LogP) is 3.63. The highest BCUT2D eigenvalue weighted by atomic mass is 16.5. The third-order valence-electron chi connectivity index (χ3n) is 6.24. The van der Waals surface area contributed by atoms with Gasteiger partial charge in [0.2, 0.25) is 11.8 Å². The maximum absolute atomic E-state index is 13.2. The fraction of sp³-hybridized carbons (Fsp3) is 0.417. The van der Waals surface area contributed by atoms with Gasteiger partial charge >= 0.3 is 0 Å². The highest BCUT2D eigenvalue weighted by molar-refractivity contribution is 5.89. The Bertz CT molecular complexity index is 875. The van der Waals surface area contributed by atoms with Crippen LogP contribution in [-0.4, -0.2) is 30.4 Å². The molecule has 1 saturated carbocycles. The first kappa shape index (κ1) is 19.5. The molecule has 1 heterocycles. The normalized spacial score (nSPS) is 20.7. The van der Waals surface area contributed by atoms with Gasteiger partial charge in [0.25, 0.3) is 0 Å². The van der Waals surface area contributed by atoms with Crippen molar-refractivity contribution in [3.05, 3.63) is 65.7 Å². The minimum absolute atomic E-state index is 0.0262. The number of para-hydroxylation sites is 1. The SMILES string of the molecule is COc1ccccc1C1(NC(=O)[C@@H]2CC(=O)N(Cc3ccccc3)C2)CCCC1. The fourth-order valence-electron chi connectivity index (χ4n) is 4.72. The summed E-state index contributed by atoms with van der Waals surface area (Å²) in [6, 6.07) is 17.9. The molecule has 0 spiro atoms. The molecule has 5 heteroatoms. The molecule has 0 unspecified atom stereocenters. The maximum atomic E-state index is 13.2. The van der Waals surface area contributed by atoms with Crippen LogP contribution in [0.4, 0.5) is 0 Å². The van der Waals surface area contributed by atoms with Crippen LogP contribution < -0.4 is 10.1 Å². The molecule has 29 heavy (non-hydrogen) atoms. The molecule has 0 aromatic heterocycles. The first-order valence-electron chi connectivity index (χ1n) is 10.4. The lowest BCUT2D eigenvalue weighted by atomic mass is 9.86. The zero-order chi connectivity index (χ0) is 20.3. The van der Waals surface area contributed by atoms with Crippen LogP contribution in [-0.2, 0) is 21.7 Å². The predicted molar refractivity (Wildman–Crippen MR) is 111 cm³/mol. The second-order valence-corrected chi connectivity index (χ2v) is 8.14. The van der Waals surface area contributed by atoms with Gasteiger partial charge in [-0.15, -0.1) is 0 Å². The number of hydrogen-bond donors (Lipinski definition) is 1. The van der Waals surface area contributed by atoms with Crippen LogP contribution in [0, 0.1) is 5.92 Å². The van der Waals surface area contributed by atoms with Gasteiger partial charge in [0.1, 0.15) is 5.75 Å². The monoisotopic (exact) mass is 392 g/mol. The first-order chi connectivity index (χ1) is 14.1. The second-order valence-electron chi connectivity index (χ2n) is 8.14. The molecule has 152 valence electrons. The van der Waals surface area contributed by atoms with Crippen molar-refractivity contribution in [2.75, 3.05) is 13.7 Å². The molecule has 5 nitrogen and oxygen atoms in total. The van der Waals surface area contributed by atoms with Gasteiger partial charge < -0.3 is 15.0 Å². The fourth-order valence-corrected chi connectivity index (χ4v) is 4.72. The molecular weight excluding hydrogens is 364 g/mol. The van der Waals surface area contributed by atoms with Crippen molar-refractivity contribution in [1.82, 2.24) is 10.2 Å². The van der Waals surface area contributed by atoms with E-state index in [2.05, 4.69) is 5.32 Å². The zero-order valence-corrected chi connectivity index (χ0v) is 16.9. The lowest BCUT2D eigenvalue weighted by Crippen LogP contribution is -2.47. The second kappa shape index (κ2) is 8.27. The Balaban J connectivity index is 1.48. The molecule has 4 rings (SSSR count). The van der Waals surface area contributed by atoms with Gasteiger partial charge in [-0.05, 0) is 24.5 Å². The topological polar surface area (TPSA) is 58.6 Å². The number of nitrogens with one attached hydrogen (secondary N) is 1. The van der Waals surface area contributed by atoms with Crippen LogP contribution in [0.1, 0.15) is 43.2 Å². The molecule has 1 aliphatic heterocycles. The van der Waals surface area contributed by atoms with E-state index in [-0.39, 0.29) is 24.2 Å². The third kappa shape index (κ3) is 4.00. The summed E-state index contributed by atoms with van der Waals surface area (Å²) in [5.74, 6) is 0.523. The van der Waals surface area contributed by atoms with Gasteiger partial charge in [-0.3, -0.25) is 9.59 Å². The van der Waals surface area contributed by atoms with E-state index in [1.807, 2.05) is 54.6 Å². The van der Waals surface area contributed by atoms with Crippen LogP contribution in [0.5, 0.6) is 5.75 Å². The number of likely N-dealkylation sites (tertiary alicyclic amines) is 1. The molecule has 0 bridgehead atoms. The van der Waals surface area contributed by atoms with Crippen molar-refractivity contribution in [3.63, 3.8) is 0 Å². The minimum atomic E-state index is -0.403. The van der Waals surface area contributed by atoms with Gasteiger partial charge in [-0.1, -0.05) is 61.4 Å². The van der Waals surface area contributed by atoms with Gasteiger partial charge in [-0.2, -0.15) is 0 Å². The maximum Gasteiger partial charge on any atom is 0.226 e. The Morgan fingerprint density at radius 3 is 2.52 bits per heavy atom. The van der Waals surface area contributed by atoms with E-state index in [1.54, 1.807) is 12.0 Å². The summed E-state index contributed by atoms with van der Waals surface area (Å²) in [5, 5.41) is 3.33. The third-order valence-corrected chi connectivity index (χ3v) is 6.24. The molecule has 0 radical (unpaired) electrons. The number of hydrogen-bond acceptors (Lipinski definition) is 3. The largest absolute Gasteiger partial charge is 0.496 e. The quantitative estimate of drug-likeness (QED) is 0.817. The molecule has 2 amide bonds. The molecule has 1 N–H and O–H groups in total. The van der Waals surface area contributed by atoms with Crippen molar-refractivity contribution in [1.29, 1.82) is 0 Å². The molecule has 2 aromatic carbocycles. The van der Waals surface area contributed by atoms with Gasteiger partial charge in [0, 0.05) is 25.1 Å². The summed E-state index contributed by atoms with van der Waals surface area (Å²) in [5.41, 5.74) is 1.72. The number of rotatable bonds is 6. The number of carbonyl (C=O) groups excluding carboxylic acids is 2. The van der Waals surface area contributed by atoms with E-state index in [9.17, 15) is 9.59 Å². The Morgan fingerprint density at radius 1 is 1.10 bits per heavy atom. The molecule has 2 fully saturated rings. The average molecular weight is 392 g/mol. The lowest BCUT2D eigenvalue weighted by Gasteiger charge is -2.33. The Morgan fingerprint density at radius 2 is 1.79 bits per heavy atom. The summed E-state index contributed by atoms with van der Waals surface area (Å²) in [6.07, 6.45) is 4.21. The Labute approximate surface area is 172 Å². The van der Waals surface area contributed by atoms with E-state index >= 15 is 0 Å². The number of ether oxygens (including phenoxy) is 1. The summed E-state index contributed by atoms with van der Waals surface area (Å²) in [4.78, 5) is 27.5. The highest BCUT2D eigenvalue weighted by Gasteiger charge is 2.42. The Kier molecular flexibility index (Phi) is 5.56. The van der Waals surface area contributed by atoms with Crippen molar-refractivity contribution >= 4 is 11.8 Å². The number of carbonyl (C=O) groups is 2.